The van der Waals surface area contributed by atoms with E-state index in [0.717, 1.165) is 51.4 Å². The number of ether oxygens (including phenoxy) is 1. The van der Waals surface area contributed by atoms with Crippen LogP contribution in [0.2, 0.25) is 0 Å². The molecule has 314 valence electrons. The number of unbranched alkanes of at least 4 members (excludes halogenated alkanes) is 6. The predicted octanol–water partition coefficient (Wildman–Crippen LogP) is 5.04. The number of hydrogen-bond acceptors (Lipinski definition) is 11. The SMILES string of the molecule is CCCOCCCCC(=O)[C@H](CCC(=O)CCCNC(=O)c1ccc(NCC(C)=O)nc1)NC(=O)CCCCCCC(=O)CCCCCNC(=O)CCC(=O)O. The molecule has 0 spiro atoms. The summed E-state index contributed by atoms with van der Waals surface area (Å²) in [6, 6.07) is 2.45. The molecule has 15 heteroatoms. The van der Waals surface area contributed by atoms with Gasteiger partial charge in [-0.3, -0.25) is 38.4 Å². The first-order valence-electron chi connectivity index (χ1n) is 20.3. The Morgan fingerprint density at radius 3 is 1.98 bits per heavy atom. The second kappa shape index (κ2) is 31.7. The number of ketones is 4. The van der Waals surface area contributed by atoms with Crippen LogP contribution in [0.1, 0.15) is 153 Å². The minimum Gasteiger partial charge on any atom is -0.481 e. The normalized spacial score (nSPS) is 11.3. The van der Waals surface area contributed by atoms with Crippen LogP contribution in [0.3, 0.4) is 0 Å². The molecule has 0 aromatic carbocycles. The van der Waals surface area contributed by atoms with Crippen LogP contribution >= 0.6 is 0 Å². The summed E-state index contributed by atoms with van der Waals surface area (Å²) in [6.45, 7) is 5.62. The Morgan fingerprint density at radius 1 is 0.679 bits per heavy atom. The van der Waals surface area contributed by atoms with E-state index in [0.29, 0.717) is 63.2 Å². The highest BCUT2D eigenvalue weighted by molar-refractivity contribution is 5.94. The van der Waals surface area contributed by atoms with Gasteiger partial charge < -0.3 is 31.1 Å². The van der Waals surface area contributed by atoms with E-state index in [9.17, 15) is 38.4 Å². The van der Waals surface area contributed by atoms with Gasteiger partial charge in [-0.25, -0.2) is 4.98 Å². The van der Waals surface area contributed by atoms with Crippen molar-refractivity contribution in [1.29, 1.82) is 0 Å². The van der Waals surface area contributed by atoms with Gasteiger partial charge in [-0.1, -0.05) is 26.2 Å². The van der Waals surface area contributed by atoms with E-state index in [-0.39, 0.29) is 98.9 Å². The zero-order valence-corrected chi connectivity index (χ0v) is 33.6. The fourth-order valence-corrected chi connectivity index (χ4v) is 5.62. The summed E-state index contributed by atoms with van der Waals surface area (Å²) in [4.78, 5) is 101. The molecular formula is C41H65N5O10. The predicted molar refractivity (Wildman–Crippen MR) is 212 cm³/mol. The van der Waals surface area contributed by atoms with Gasteiger partial charge in [0.15, 0.2) is 5.78 Å². The quantitative estimate of drug-likeness (QED) is 0.0564. The fourth-order valence-electron chi connectivity index (χ4n) is 5.62. The summed E-state index contributed by atoms with van der Waals surface area (Å²) in [5, 5.41) is 19.8. The average molecular weight is 788 g/mol. The molecule has 0 unspecified atom stereocenters. The Labute approximate surface area is 331 Å². The van der Waals surface area contributed by atoms with Gasteiger partial charge in [0.05, 0.1) is 24.6 Å². The van der Waals surface area contributed by atoms with Crippen molar-refractivity contribution in [3.63, 3.8) is 0 Å². The van der Waals surface area contributed by atoms with E-state index in [2.05, 4.69) is 26.3 Å². The Bertz CT molecular complexity index is 1370. The summed E-state index contributed by atoms with van der Waals surface area (Å²) in [6.07, 6.45) is 11.1. The van der Waals surface area contributed by atoms with Crippen molar-refractivity contribution >= 4 is 52.6 Å². The van der Waals surface area contributed by atoms with E-state index >= 15 is 0 Å². The molecule has 0 radical (unpaired) electrons. The third-order valence-electron chi connectivity index (χ3n) is 8.84. The largest absolute Gasteiger partial charge is 0.481 e. The standard InChI is InChI=1S/C41H65N5O10/c1-3-27-56-28-12-10-17-36(50)35(21-20-34(49)16-13-26-43-41(55)32-19-22-37(45-30-32)44-29-31(2)47)46-39(52)18-9-5-4-7-14-33(48)15-8-6-11-25-42-38(51)23-24-40(53)54/h19,22,30,35H,3-18,20-21,23-29H2,1-2H3,(H,42,51)(H,43,55)(H,44,45)(H,46,52)(H,53,54)/t35-/m0/s1. The van der Waals surface area contributed by atoms with Gasteiger partial charge in [0.2, 0.25) is 11.8 Å². The molecule has 1 aromatic rings. The van der Waals surface area contributed by atoms with Crippen molar-refractivity contribution in [3.8, 4) is 0 Å². The number of carbonyl (C=O) groups is 8. The minimum absolute atomic E-state index is 0.0360. The average Bonchev–Trinajstić information content (AvgIpc) is 3.17. The fraction of sp³-hybridized carbons (Fsp3) is 0.683. The van der Waals surface area contributed by atoms with Crippen LogP contribution in [0.25, 0.3) is 0 Å². The lowest BCUT2D eigenvalue weighted by atomic mass is 9.99. The van der Waals surface area contributed by atoms with Gasteiger partial charge in [0.1, 0.15) is 23.2 Å². The number of carbonyl (C=O) groups excluding carboxylic acids is 7. The number of nitrogens with zero attached hydrogens (tertiary/aromatic N) is 1. The summed E-state index contributed by atoms with van der Waals surface area (Å²) >= 11 is 0. The smallest absolute Gasteiger partial charge is 0.303 e. The Morgan fingerprint density at radius 2 is 1.32 bits per heavy atom. The van der Waals surface area contributed by atoms with Crippen LogP contribution in [0.5, 0.6) is 0 Å². The monoisotopic (exact) mass is 787 g/mol. The molecule has 3 amide bonds. The first kappa shape index (κ1) is 49.5. The summed E-state index contributed by atoms with van der Waals surface area (Å²) in [5.74, 6) is -1.39. The maximum atomic E-state index is 13.1. The van der Waals surface area contributed by atoms with Gasteiger partial charge in [-0.15, -0.1) is 0 Å². The number of carboxylic acid groups (broad SMARTS) is 1. The number of carboxylic acids is 1. The van der Waals surface area contributed by atoms with Crippen LogP contribution in [0.4, 0.5) is 5.82 Å². The molecule has 0 aliphatic rings. The van der Waals surface area contributed by atoms with Crippen molar-refractivity contribution < 1.29 is 48.2 Å². The topological polar surface area (TPSA) is 227 Å². The first-order valence-corrected chi connectivity index (χ1v) is 20.3. The molecular weight excluding hydrogens is 722 g/mol. The second-order valence-corrected chi connectivity index (χ2v) is 14.1. The number of hydrogen-bond donors (Lipinski definition) is 5. The molecule has 5 N–H and O–H groups in total. The maximum Gasteiger partial charge on any atom is 0.303 e. The number of Topliss-reactive ketones (excluding diaryl/α,β-unsaturated/α-hetero) is 4. The lowest BCUT2D eigenvalue weighted by molar-refractivity contribution is -0.138. The van der Waals surface area contributed by atoms with Gasteiger partial charge in [-0.05, 0) is 76.8 Å². The number of nitrogens with one attached hydrogen (secondary N) is 4. The Kier molecular flexibility index (Phi) is 28.0. The van der Waals surface area contributed by atoms with Crippen molar-refractivity contribution in [1.82, 2.24) is 20.9 Å². The van der Waals surface area contributed by atoms with Crippen molar-refractivity contribution in [3.05, 3.63) is 23.9 Å². The van der Waals surface area contributed by atoms with Crippen molar-refractivity contribution in [2.24, 2.45) is 0 Å². The van der Waals surface area contributed by atoms with Crippen molar-refractivity contribution in [2.75, 3.05) is 38.2 Å². The van der Waals surface area contributed by atoms with Gasteiger partial charge in [-0.2, -0.15) is 0 Å². The zero-order chi connectivity index (χ0) is 41.4. The number of aliphatic carboxylic acids is 1. The second-order valence-electron chi connectivity index (χ2n) is 14.1. The highest BCUT2D eigenvalue weighted by Crippen LogP contribution is 2.12. The van der Waals surface area contributed by atoms with Crippen LogP contribution in [0, 0.1) is 0 Å². The highest BCUT2D eigenvalue weighted by Gasteiger charge is 2.21. The third-order valence-corrected chi connectivity index (χ3v) is 8.84. The van der Waals surface area contributed by atoms with E-state index < -0.39 is 12.0 Å². The van der Waals surface area contributed by atoms with Crippen molar-refractivity contribution in [2.45, 2.75) is 148 Å². The van der Waals surface area contributed by atoms with Crippen LogP contribution in [-0.2, 0) is 38.3 Å². The Balaban J connectivity index is 2.36. The first-order chi connectivity index (χ1) is 26.9. The molecule has 1 heterocycles. The number of aromatic nitrogens is 1. The van der Waals surface area contributed by atoms with E-state index in [1.807, 2.05) is 6.92 Å². The minimum atomic E-state index is -1.01. The zero-order valence-electron chi connectivity index (χ0n) is 33.6. The van der Waals surface area contributed by atoms with E-state index in [4.69, 9.17) is 9.84 Å². The van der Waals surface area contributed by atoms with E-state index in [1.54, 1.807) is 12.1 Å². The highest BCUT2D eigenvalue weighted by atomic mass is 16.5. The van der Waals surface area contributed by atoms with Crippen LogP contribution in [0.15, 0.2) is 18.3 Å². The number of pyridine rings is 1. The Hall–Kier alpha value is -4.53. The van der Waals surface area contributed by atoms with Gasteiger partial charge in [0, 0.05) is 77.4 Å². The molecule has 0 aliphatic carbocycles. The number of rotatable bonds is 36. The molecule has 1 atom stereocenters. The van der Waals surface area contributed by atoms with Gasteiger partial charge >= 0.3 is 5.97 Å². The number of amides is 3. The molecule has 1 rings (SSSR count). The molecule has 1 aromatic heterocycles. The summed E-state index contributed by atoms with van der Waals surface area (Å²) in [5.41, 5.74) is 0.354. The molecule has 56 heavy (non-hydrogen) atoms. The van der Waals surface area contributed by atoms with E-state index in [1.165, 1.54) is 13.1 Å². The maximum absolute atomic E-state index is 13.1. The van der Waals surface area contributed by atoms with Crippen LogP contribution in [-0.4, -0.2) is 95.8 Å². The molecule has 15 nitrogen and oxygen atoms in total. The third kappa shape index (κ3) is 27.1. The summed E-state index contributed by atoms with van der Waals surface area (Å²) in [7, 11) is 0. The lowest BCUT2D eigenvalue weighted by Gasteiger charge is -2.18. The molecule has 0 saturated carbocycles. The number of anilines is 1. The van der Waals surface area contributed by atoms with Gasteiger partial charge in [0.25, 0.3) is 5.91 Å². The molecule has 0 fully saturated rings. The summed E-state index contributed by atoms with van der Waals surface area (Å²) < 4.78 is 5.50. The molecule has 0 aliphatic heterocycles. The lowest BCUT2D eigenvalue weighted by Crippen LogP contribution is -2.41. The van der Waals surface area contributed by atoms with Crippen LogP contribution < -0.4 is 21.3 Å². The molecule has 0 saturated heterocycles. The molecule has 0 bridgehead atoms.